The standard InChI is InChI=1S/C17H20N2O3/c1-3-4-5-14-8-13(6-7-16(14)17(21)22-2)10-19-12-18-9-15(19)11-20/h6-9,11-12H,3-5,10H2,1-2H3. The number of nitrogens with zero attached hydrogens (tertiary/aromatic N) is 2. The van der Waals surface area contributed by atoms with Gasteiger partial charge in [-0.3, -0.25) is 4.79 Å². The summed E-state index contributed by atoms with van der Waals surface area (Å²) in [4.78, 5) is 26.8. The van der Waals surface area contributed by atoms with Crippen LogP contribution in [0.15, 0.2) is 30.7 Å². The third-order valence-corrected chi connectivity index (χ3v) is 3.59. The molecule has 2 aromatic rings. The zero-order valence-corrected chi connectivity index (χ0v) is 12.9. The van der Waals surface area contributed by atoms with Crippen molar-refractivity contribution in [3.05, 3.63) is 53.1 Å². The van der Waals surface area contributed by atoms with Crippen molar-refractivity contribution in [3.63, 3.8) is 0 Å². The first-order valence-electron chi connectivity index (χ1n) is 7.35. The fourth-order valence-corrected chi connectivity index (χ4v) is 2.39. The third-order valence-electron chi connectivity index (χ3n) is 3.59. The zero-order chi connectivity index (χ0) is 15.9. The van der Waals surface area contributed by atoms with Gasteiger partial charge in [-0.15, -0.1) is 0 Å². The van der Waals surface area contributed by atoms with Crippen molar-refractivity contribution in [1.29, 1.82) is 0 Å². The van der Waals surface area contributed by atoms with Gasteiger partial charge in [0.2, 0.25) is 0 Å². The number of ether oxygens (including phenoxy) is 1. The molecule has 1 aromatic carbocycles. The highest BCUT2D eigenvalue weighted by Gasteiger charge is 2.12. The maximum atomic E-state index is 11.8. The minimum absolute atomic E-state index is 0.311. The molecule has 0 aliphatic carbocycles. The lowest BCUT2D eigenvalue weighted by Gasteiger charge is -2.11. The number of esters is 1. The van der Waals surface area contributed by atoms with Crippen molar-refractivity contribution < 1.29 is 14.3 Å². The summed E-state index contributed by atoms with van der Waals surface area (Å²) in [7, 11) is 1.39. The maximum Gasteiger partial charge on any atom is 0.338 e. The summed E-state index contributed by atoms with van der Waals surface area (Å²) in [5.74, 6) is -0.311. The molecule has 1 aromatic heterocycles. The molecule has 0 aliphatic heterocycles. The number of imidazole rings is 1. The molecule has 116 valence electrons. The van der Waals surface area contributed by atoms with E-state index in [1.54, 1.807) is 17.0 Å². The smallest absolute Gasteiger partial charge is 0.338 e. The van der Waals surface area contributed by atoms with Crippen LogP contribution >= 0.6 is 0 Å². The van der Waals surface area contributed by atoms with Crippen molar-refractivity contribution >= 4 is 12.3 Å². The molecule has 0 fully saturated rings. The number of unbranched alkanes of at least 4 members (excludes halogenated alkanes) is 1. The number of methoxy groups -OCH3 is 1. The monoisotopic (exact) mass is 300 g/mol. The highest BCUT2D eigenvalue weighted by molar-refractivity contribution is 5.91. The SMILES string of the molecule is CCCCc1cc(Cn2cncc2C=O)ccc1C(=O)OC. The van der Waals surface area contributed by atoms with E-state index >= 15 is 0 Å². The molecule has 0 aliphatic rings. The lowest BCUT2D eigenvalue weighted by atomic mass is 9.99. The van der Waals surface area contributed by atoms with E-state index in [0.29, 0.717) is 17.8 Å². The van der Waals surface area contributed by atoms with Crippen molar-refractivity contribution in [2.75, 3.05) is 7.11 Å². The number of aldehydes is 1. The second-order valence-corrected chi connectivity index (χ2v) is 5.15. The lowest BCUT2D eigenvalue weighted by Crippen LogP contribution is -2.08. The summed E-state index contributed by atoms with van der Waals surface area (Å²) < 4.78 is 6.62. The van der Waals surface area contributed by atoms with Crippen LogP contribution in [0.4, 0.5) is 0 Å². The van der Waals surface area contributed by atoms with Gasteiger partial charge < -0.3 is 9.30 Å². The van der Waals surface area contributed by atoms with E-state index in [9.17, 15) is 9.59 Å². The van der Waals surface area contributed by atoms with Gasteiger partial charge >= 0.3 is 5.97 Å². The molecular formula is C17H20N2O3. The predicted molar refractivity (Wildman–Crippen MR) is 83.1 cm³/mol. The lowest BCUT2D eigenvalue weighted by molar-refractivity contribution is 0.0599. The maximum absolute atomic E-state index is 11.8. The van der Waals surface area contributed by atoms with Crippen molar-refractivity contribution in [3.8, 4) is 0 Å². The second-order valence-electron chi connectivity index (χ2n) is 5.15. The molecular weight excluding hydrogens is 280 g/mol. The summed E-state index contributed by atoms with van der Waals surface area (Å²) in [5.41, 5.74) is 3.16. The topological polar surface area (TPSA) is 61.2 Å². The Kier molecular flexibility index (Phi) is 5.47. The number of rotatable bonds is 7. The van der Waals surface area contributed by atoms with E-state index in [1.165, 1.54) is 13.3 Å². The Hall–Kier alpha value is -2.43. The Morgan fingerprint density at radius 2 is 2.23 bits per heavy atom. The molecule has 2 rings (SSSR count). The first kappa shape index (κ1) is 15.9. The Morgan fingerprint density at radius 3 is 2.91 bits per heavy atom. The molecule has 0 amide bonds. The molecule has 0 atom stereocenters. The molecule has 5 nitrogen and oxygen atoms in total. The van der Waals surface area contributed by atoms with Crippen LogP contribution < -0.4 is 0 Å². The van der Waals surface area contributed by atoms with Gasteiger partial charge in [-0.1, -0.05) is 25.5 Å². The van der Waals surface area contributed by atoms with E-state index < -0.39 is 0 Å². The van der Waals surface area contributed by atoms with Crippen molar-refractivity contribution in [2.24, 2.45) is 0 Å². The number of aryl methyl sites for hydroxylation is 1. The molecule has 0 spiro atoms. The first-order valence-corrected chi connectivity index (χ1v) is 7.35. The van der Waals surface area contributed by atoms with Gasteiger partial charge in [-0.25, -0.2) is 9.78 Å². The molecule has 0 radical (unpaired) electrons. The summed E-state index contributed by atoms with van der Waals surface area (Å²) >= 11 is 0. The van der Waals surface area contributed by atoms with Crippen LogP contribution in [0.3, 0.4) is 0 Å². The summed E-state index contributed by atoms with van der Waals surface area (Å²) in [6.07, 6.45) is 6.85. The fraction of sp³-hybridized carbons (Fsp3) is 0.353. The summed E-state index contributed by atoms with van der Waals surface area (Å²) in [5, 5.41) is 0. The molecule has 0 bridgehead atoms. The van der Waals surface area contributed by atoms with E-state index in [-0.39, 0.29) is 5.97 Å². The van der Waals surface area contributed by atoms with Gasteiger partial charge in [-0.2, -0.15) is 0 Å². The van der Waals surface area contributed by atoms with Crippen molar-refractivity contribution in [1.82, 2.24) is 9.55 Å². The third kappa shape index (κ3) is 3.61. The fourth-order valence-electron chi connectivity index (χ4n) is 2.39. The number of hydrogen-bond acceptors (Lipinski definition) is 4. The summed E-state index contributed by atoms with van der Waals surface area (Å²) in [6, 6.07) is 5.69. The van der Waals surface area contributed by atoms with Gasteiger partial charge in [0.05, 0.1) is 25.2 Å². The van der Waals surface area contributed by atoms with E-state index in [1.807, 2.05) is 12.1 Å². The number of hydrogen-bond donors (Lipinski definition) is 0. The van der Waals surface area contributed by atoms with Gasteiger partial charge in [0.1, 0.15) is 5.69 Å². The van der Waals surface area contributed by atoms with Gasteiger partial charge in [0, 0.05) is 6.54 Å². The number of carbonyl (C=O) groups is 2. The molecule has 5 heteroatoms. The normalized spacial score (nSPS) is 10.5. The van der Waals surface area contributed by atoms with Crippen LogP contribution in [0.2, 0.25) is 0 Å². The average molecular weight is 300 g/mol. The van der Waals surface area contributed by atoms with Crippen LogP contribution in [0.5, 0.6) is 0 Å². The number of aromatic nitrogens is 2. The Balaban J connectivity index is 2.29. The van der Waals surface area contributed by atoms with E-state index in [2.05, 4.69) is 11.9 Å². The van der Waals surface area contributed by atoms with E-state index in [4.69, 9.17) is 4.74 Å². The Labute approximate surface area is 129 Å². The minimum Gasteiger partial charge on any atom is -0.465 e. The van der Waals surface area contributed by atoms with E-state index in [0.717, 1.165) is 36.7 Å². The largest absolute Gasteiger partial charge is 0.465 e. The van der Waals surface area contributed by atoms with Crippen LogP contribution in [0.1, 0.15) is 51.7 Å². The highest BCUT2D eigenvalue weighted by Crippen LogP contribution is 2.17. The summed E-state index contributed by atoms with van der Waals surface area (Å²) in [6.45, 7) is 2.66. The van der Waals surface area contributed by atoms with Crippen LogP contribution in [0, 0.1) is 0 Å². The van der Waals surface area contributed by atoms with Crippen LogP contribution in [-0.4, -0.2) is 28.9 Å². The first-order chi connectivity index (χ1) is 10.7. The molecule has 0 saturated heterocycles. The minimum atomic E-state index is -0.311. The number of carbonyl (C=O) groups excluding carboxylic acids is 2. The Bertz CT molecular complexity index is 662. The average Bonchev–Trinajstić information content (AvgIpc) is 2.99. The molecule has 0 N–H and O–H groups in total. The molecule has 0 unspecified atom stereocenters. The number of benzene rings is 1. The molecule has 1 heterocycles. The zero-order valence-electron chi connectivity index (χ0n) is 12.9. The van der Waals surface area contributed by atoms with Gasteiger partial charge in [0.15, 0.2) is 6.29 Å². The van der Waals surface area contributed by atoms with Crippen LogP contribution in [0.25, 0.3) is 0 Å². The van der Waals surface area contributed by atoms with Crippen LogP contribution in [-0.2, 0) is 17.7 Å². The molecule has 0 saturated carbocycles. The predicted octanol–water partition coefficient (Wildman–Crippen LogP) is 2.87. The second kappa shape index (κ2) is 7.54. The van der Waals surface area contributed by atoms with Gasteiger partial charge in [0.25, 0.3) is 0 Å². The Morgan fingerprint density at radius 1 is 1.41 bits per heavy atom. The van der Waals surface area contributed by atoms with Crippen molar-refractivity contribution in [2.45, 2.75) is 32.7 Å². The quantitative estimate of drug-likeness (QED) is 0.582. The molecule has 22 heavy (non-hydrogen) atoms. The van der Waals surface area contributed by atoms with Gasteiger partial charge in [-0.05, 0) is 30.0 Å². The highest BCUT2D eigenvalue weighted by atomic mass is 16.5.